The molecular formula is C14H20BrF2NO2S. The summed E-state index contributed by atoms with van der Waals surface area (Å²) in [4.78, 5) is -0.552. The Hall–Kier alpha value is -0.530. The third-order valence-corrected chi connectivity index (χ3v) is 5.63. The molecule has 0 aromatic heterocycles. The minimum atomic E-state index is -4.02. The predicted molar refractivity (Wildman–Crippen MR) is 82.6 cm³/mol. The van der Waals surface area contributed by atoms with Crippen molar-refractivity contribution in [2.24, 2.45) is 0 Å². The highest BCUT2D eigenvalue weighted by molar-refractivity contribution is 9.10. The predicted octanol–water partition coefficient (Wildman–Crippen LogP) is 4.36. The van der Waals surface area contributed by atoms with Crippen molar-refractivity contribution in [1.29, 1.82) is 0 Å². The number of sulfonamides is 1. The van der Waals surface area contributed by atoms with Crippen LogP contribution < -0.4 is 4.72 Å². The van der Waals surface area contributed by atoms with Gasteiger partial charge in [0, 0.05) is 16.6 Å². The van der Waals surface area contributed by atoms with Crippen LogP contribution in [0.4, 0.5) is 8.78 Å². The molecule has 3 nitrogen and oxygen atoms in total. The van der Waals surface area contributed by atoms with E-state index in [9.17, 15) is 17.2 Å². The zero-order valence-corrected chi connectivity index (χ0v) is 14.5. The largest absolute Gasteiger partial charge is 0.244 e. The van der Waals surface area contributed by atoms with Crippen molar-refractivity contribution in [2.45, 2.75) is 56.9 Å². The van der Waals surface area contributed by atoms with Gasteiger partial charge in [-0.3, -0.25) is 0 Å². The van der Waals surface area contributed by atoms with Gasteiger partial charge in [0.15, 0.2) is 0 Å². The number of benzene rings is 1. The van der Waals surface area contributed by atoms with Gasteiger partial charge in [-0.2, -0.15) is 0 Å². The number of unbranched alkanes of at least 4 members (excludes halogenated alkanes) is 3. The first-order chi connectivity index (χ1) is 9.77. The molecule has 7 heteroatoms. The quantitative estimate of drug-likeness (QED) is 0.677. The molecule has 1 N–H and O–H groups in total. The van der Waals surface area contributed by atoms with Gasteiger partial charge in [0.1, 0.15) is 16.5 Å². The number of hydrogen-bond acceptors (Lipinski definition) is 2. The van der Waals surface area contributed by atoms with E-state index in [-0.39, 0.29) is 10.5 Å². The van der Waals surface area contributed by atoms with Crippen LogP contribution in [0, 0.1) is 11.6 Å². The molecule has 0 amide bonds. The van der Waals surface area contributed by atoms with Crippen molar-refractivity contribution >= 4 is 26.0 Å². The molecule has 0 fully saturated rings. The lowest BCUT2D eigenvalue weighted by Crippen LogP contribution is -2.33. The summed E-state index contributed by atoms with van der Waals surface area (Å²) < 4.78 is 53.4. The van der Waals surface area contributed by atoms with E-state index in [1.54, 1.807) is 6.92 Å². The highest BCUT2D eigenvalue weighted by Gasteiger charge is 2.25. The first kappa shape index (κ1) is 18.5. The van der Waals surface area contributed by atoms with E-state index in [0.29, 0.717) is 12.5 Å². The molecular weight excluding hydrogens is 364 g/mol. The van der Waals surface area contributed by atoms with Crippen LogP contribution in [0.3, 0.4) is 0 Å². The molecule has 1 unspecified atom stereocenters. The Balaban J connectivity index is 2.78. The Kier molecular flexibility index (Phi) is 7.23. The summed E-state index contributed by atoms with van der Waals surface area (Å²) >= 11 is 2.90. The second-order valence-electron chi connectivity index (χ2n) is 5.07. The molecule has 0 aliphatic carbocycles. The maximum absolute atomic E-state index is 13.7. The Morgan fingerprint density at radius 3 is 2.48 bits per heavy atom. The van der Waals surface area contributed by atoms with Crippen LogP contribution in [0.2, 0.25) is 0 Å². The number of halogens is 3. The smallest absolute Gasteiger partial charge is 0.208 e. The van der Waals surface area contributed by atoms with Crippen molar-refractivity contribution in [1.82, 2.24) is 4.72 Å². The molecule has 0 aliphatic heterocycles. The minimum Gasteiger partial charge on any atom is -0.208 e. The lowest BCUT2D eigenvalue weighted by molar-refractivity contribution is 0.511. The van der Waals surface area contributed by atoms with Crippen molar-refractivity contribution in [3.8, 4) is 0 Å². The first-order valence-electron chi connectivity index (χ1n) is 6.94. The second-order valence-corrected chi connectivity index (χ2v) is 7.58. The number of nitrogens with one attached hydrogen (secondary N) is 1. The SMILES string of the molecule is CCCCCCC(C)NS(=O)(=O)c1c(F)cc(F)cc1Br. The van der Waals surface area contributed by atoms with Crippen LogP contribution in [0.15, 0.2) is 21.5 Å². The van der Waals surface area contributed by atoms with Gasteiger partial charge in [0.25, 0.3) is 0 Å². The van der Waals surface area contributed by atoms with Crippen LogP contribution >= 0.6 is 15.9 Å². The van der Waals surface area contributed by atoms with Crippen LogP contribution in [0.1, 0.15) is 46.0 Å². The van der Waals surface area contributed by atoms with Gasteiger partial charge in [0.2, 0.25) is 10.0 Å². The summed E-state index contributed by atoms with van der Waals surface area (Å²) in [6.45, 7) is 3.83. The molecule has 0 spiro atoms. The summed E-state index contributed by atoms with van der Waals surface area (Å²) in [6.07, 6.45) is 4.84. The standard InChI is InChI=1S/C14H20BrF2NO2S/c1-3-4-5-6-7-10(2)18-21(19,20)14-12(15)8-11(16)9-13(14)17/h8-10,18H,3-7H2,1-2H3. The van der Waals surface area contributed by atoms with Gasteiger partial charge < -0.3 is 0 Å². The zero-order valence-electron chi connectivity index (χ0n) is 12.1. The Bertz CT molecular complexity index is 555. The van der Waals surface area contributed by atoms with E-state index in [2.05, 4.69) is 27.6 Å². The van der Waals surface area contributed by atoms with Gasteiger partial charge in [-0.25, -0.2) is 21.9 Å². The summed E-state index contributed by atoms with van der Waals surface area (Å²) in [5.41, 5.74) is 0. The maximum Gasteiger partial charge on any atom is 0.244 e. The fourth-order valence-corrected chi connectivity index (χ4v) is 4.49. The van der Waals surface area contributed by atoms with E-state index in [1.807, 2.05) is 0 Å². The van der Waals surface area contributed by atoms with Gasteiger partial charge in [-0.1, -0.05) is 32.6 Å². The van der Waals surface area contributed by atoms with E-state index in [4.69, 9.17) is 0 Å². The Morgan fingerprint density at radius 2 is 1.90 bits per heavy atom. The topological polar surface area (TPSA) is 46.2 Å². The minimum absolute atomic E-state index is 0.120. The lowest BCUT2D eigenvalue weighted by atomic mass is 10.1. The molecule has 1 aromatic rings. The van der Waals surface area contributed by atoms with Crippen LogP contribution in [-0.2, 0) is 10.0 Å². The van der Waals surface area contributed by atoms with Crippen molar-refractivity contribution in [3.63, 3.8) is 0 Å². The molecule has 1 aromatic carbocycles. The van der Waals surface area contributed by atoms with Crippen LogP contribution in [-0.4, -0.2) is 14.5 Å². The van der Waals surface area contributed by atoms with E-state index in [1.165, 1.54) is 0 Å². The van der Waals surface area contributed by atoms with E-state index >= 15 is 0 Å². The fourth-order valence-electron chi connectivity index (χ4n) is 2.05. The van der Waals surface area contributed by atoms with Gasteiger partial charge in [0.05, 0.1) is 0 Å². The second kappa shape index (κ2) is 8.19. The maximum atomic E-state index is 13.7. The molecule has 0 aliphatic rings. The van der Waals surface area contributed by atoms with Crippen molar-refractivity contribution < 1.29 is 17.2 Å². The van der Waals surface area contributed by atoms with Crippen molar-refractivity contribution in [2.75, 3.05) is 0 Å². The molecule has 0 saturated carbocycles. The highest BCUT2D eigenvalue weighted by atomic mass is 79.9. The van der Waals surface area contributed by atoms with E-state index < -0.39 is 26.6 Å². The molecule has 21 heavy (non-hydrogen) atoms. The number of hydrogen-bond donors (Lipinski definition) is 1. The number of rotatable bonds is 8. The molecule has 0 saturated heterocycles. The average Bonchev–Trinajstić information content (AvgIpc) is 2.32. The van der Waals surface area contributed by atoms with Gasteiger partial charge >= 0.3 is 0 Å². The van der Waals surface area contributed by atoms with Gasteiger partial charge in [-0.05, 0) is 35.3 Å². The van der Waals surface area contributed by atoms with E-state index in [0.717, 1.165) is 31.7 Å². The highest BCUT2D eigenvalue weighted by Crippen LogP contribution is 2.26. The average molecular weight is 384 g/mol. The molecule has 1 rings (SSSR count). The molecule has 1 atom stereocenters. The summed E-state index contributed by atoms with van der Waals surface area (Å²) in [7, 11) is -4.02. The molecule has 0 heterocycles. The summed E-state index contributed by atoms with van der Waals surface area (Å²) in [5.74, 6) is -1.93. The van der Waals surface area contributed by atoms with Crippen molar-refractivity contribution in [3.05, 3.63) is 28.2 Å². The Labute approximate surface area is 133 Å². The third-order valence-electron chi connectivity index (χ3n) is 3.08. The Morgan fingerprint density at radius 1 is 1.24 bits per heavy atom. The molecule has 0 bridgehead atoms. The monoisotopic (exact) mass is 383 g/mol. The lowest BCUT2D eigenvalue weighted by Gasteiger charge is -2.15. The summed E-state index contributed by atoms with van der Waals surface area (Å²) in [6, 6.07) is 1.19. The van der Waals surface area contributed by atoms with Gasteiger partial charge in [-0.15, -0.1) is 0 Å². The fraction of sp³-hybridized carbons (Fsp3) is 0.571. The molecule has 0 radical (unpaired) electrons. The zero-order chi connectivity index (χ0) is 16.0. The van der Waals surface area contributed by atoms with Crippen LogP contribution in [0.25, 0.3) is 0 Å². The normalized spacial score (nSPS) is 13.4. The molecule has 120 valence electrons. The third kappa shape index (κ3) is 5.64. The first-order valence-corrected chi connectivity index (χ1v) is 9.22. The summed E-state index contributed by atoms with van der Waals surface area (Å²) in [5, 5.41) is 0. The van der Waals surface area contributed by atoms with Crippen LogP contribution in [0.5, 0.6) is 0 Å².